The van der Waals surface area contributed by atoms with E-state index in [4.69, 9.17) is 5.11 Å². The van der Waals surface area contributed by atoms with E-state index in [1.165, 1.54) is 12.2 Å². The maximum Gasteiger partial charge on any atom is 0.328 e. The summed E-state index contributed by atoms with van der Waals surface area (Å²) < 4.78 is 0.714. The molecule has 4 nitrogen and oxygen atoms in total. The lowest BCUT2D eigenvalue weighted by molar-refractivity contribution is -0.131. The Morgan fingerprint density at radius 2 is 1.65 bits per heavy atom. The number of carboxylic acids is 1. The fourth-order valence-corrected chi connectivity index (χ4v) is 2.17. The molecule has 0 spiro atoms. The summed E-state index contributed by atoms with van der Waals surface area (Å²) in [6, 6.07) is 14.7. The molecule has 116 valence electrons. The van der Waals surface area contributed by atoms with Crippen LogP contribution >= 0.6 is 15.9 Å². The maximum absolute atomic E-state index is 12.0. The molecule has 0 heterocycles. The number of carbonyl (C=O) groups is 2. The Kier molecular flexibility index (Phi) is 5.88. The third-order valence-electron chi connectivity index (χ3n) is 2.89. The molecule has 0 fully saturated rings. The van der Waals surface area contributed by atoms with Crippen molar-refractivity contribution in [3.63, 3.8) is 0 Å². The molecular weight excluding hydrogens is 358 g/mol. The lowest BCUT2D eigenvalue weighted by Crippen LogP contribution is -2.08. The van der Waals surface area contributed by atoms with Crippen LogP contribution < -0.4 is 5.32 Å². The number of carbonyl (C=O) groups excluding carboxylic acids is 1. The van der Waals surface area contributed by atoms with E-state index >= 15 is 0 Å². The second kappa shape index (κ2) is 8.10. The summed E-state index contributed by atoms with van der Waals surface area (Å²) in [4.78, 5) is 22.5. The number of benzene rings is 2. The Labute approximate surface area is 142 Å². The molecule has 0 aliphatic rings. The Morgan fingerprint density at radius 1 is 0.957 bits per heavy atom. The van der Waals surface area contributed by atoms with Crippen LogP contribution in [-0.4, -0.2) is 17.0 Å². The molecule has 0 saturated carbocycles. The van der Waals surface area contributed by atoms with Crippen molar-refractivity contribution in [3.05, 3.63) is 76.3 Å². The first-order valence-electron chi connectivity index (χ1n) is 6.79. The predicted octanol–water partition coefficient (Wildman–Crippen LogP) is 4.20. The van der Waals surface area contributed by atoms with Crippen molar-refractivity contribution in [2.75, 3.05) is 5.32 Å². The van der Waals surface area contributed by atoms with Crippen LogP contribution in [0.25, 0.3) is 12.2 Å². The van der Waals surface area contributed by atoms with E-state index in [-0.39, 0.29) is 5.91 Å². The minimum absolute atomic E-state index is 0.270. The van der Waals surface area contributed by atoms with Crippen molar-refractivity contribution in [2.45, 2.75) is 0 Å². The van der Waals surface area contributed by atoms with Gasteiger partial charge in [-0.2, -0.15) is 0 Å². The van der Waals surface area contributed by atoms with Gasteiger partial charge in [0.15, 0.2) is 0 Å². The van der Waals surface area contributed by atoms with Gasteiger partial charge in [0.1, 0.15) is 0 Å². The lowest BCUT2D eigenvalue weighted by atomic mass is 10.2. The monoisotopic (exact) mass is 371 g/mol. The van der Waals surface area contributed by atoms with Crippen LogP contribution in [0.4, 0.5) is 5.69 Å². The van der Waals surface area contributed by atoms with Crippen molar-refractivity contribution in [1.82, 2.24) is 0 Å². The highest BCUT2D eigenvalue weighted by Gasteiger charge is 2.04. The minimum Gasteiger partial charge on any atom is -0.478 e. The second-order valence-electron chi connectivity index (χ2n) is 4.64. The predicted molar refractivity (Wildman–Crippen MR) is 94.9 cm³/mol. The fourth-order valence-electron chi connectivity index (χ4n) is 1.82. The summed E-state index contributed by atoms with van der Waals surface area (Å²) in [5.41, 5.74) is 2.18. The standard InChI is InChI=1S/C18H14BrNO3/c19-15-9-6-14(8-11-18(22)23)12-16(15)20-17(21)10-7-13-4-2-1-3-5-13/h1-12H,(H,20,21)(H,22,23)/b10-7?,11-8+. The molecule has 23 heavy (non-hydrogen) atoms. The summed E-state index contributed by atoms with van der Waals surface area (Å²) in [6.07, 6.45) is 5.67. The third kappa shape index (κ3) is 5.56. The van der Waals surface area contributed by atoms with Gasteiger partial charge in [0.2, 0.25) is 5.91 Å². The topological polar surface area (TPSA) is 66.4 Å². The first kappa shape index (κ1) is 16.7. The van der Waals surface area contributed by atoms with Crippen LogP contribution in [0, 0.1) is 0 Å². The number of hydrogen-bond donors (Lipinski definition) is 2. The summed E-state index contributed by atoms with van der Waals surface area (Å²) in [6.45, 7) is 0. The largest absolute Gasteiger partial charge is 0.478 e. The zero-order chi connectivity index (χ0) is 16.7. The third-order valence-corrected chi connectivity index (χ3v) is 3.58. The molecule has 2 aromatic rings. The molecule has 0 aromatic heterocycles. The molecule has 0 aliphatic carbocycles. The number of aliphatic carboxylic acids is 1. The number of amides is 1. The van der Waals surface area contributed by atoms with E-state index in [2.05, 4.69) is 21.2 Å². The van der Waals surface area contributed by atoms with Crippen LogP contribution in [0.15, 0.2) is 65.2 Å². The Morgan fingerprint density at radius 3 is 2.35 bits per heavy atom. The van der Waals surface area contributed by atoms with Gasteiger partial charge in [-0.05, 0) is 51.3 Å². The van der Waals surface area contributed by atoms with Crippen molar-refractivity contribution >= 4 is 45.6 Å². The number of nitrogens with one attached hydrogen (secondary N) is 1. The van der Waals surface area contributed by atoms with Gasteiger partial charge in [-0.1, -0.05) is 36.4 Å². The molecule has 0 bridgehead atoms. The molecule has 0 aliphatic heterocycles. The molecule has 2 aromatic carbocycles. The van der Waals surface area contributed by atoms with Crippen LogP contribution in [0.2, 0.25) is 0 Å². The number of hydrogen-bond acceptors (Lipinski definition) is 2. The van der Waals surface area contributed by atoms with E-state index in [0.29, 0.717) is 15.7 Å². The smallest absolute Gasteiger partial charge is 0.328 e. The summed E-state index contributed by atoms with van der Waals surface area (Å²) in [7, 11) is 0. The Balaban J connectivity index is 2.09. The van der Waals surface area contributed by atoms with Crippen LogP contribution in [-0.2, 0) is 9.59 Å². The molecule has 2 N–H and O–H groups in total. The molecule has 5 heteroatoms. The SMILES string of the molecule is O=C(O)/C=C/c1ccc(Br)c(NC(=O)C=Cc2ccccc2)c1. The molecule has 1 amide bonds. The highest BCUT2D eigenvalue weighted by molar-refractivity contribution is 9.10. The quantitative estimate of drug-likeness (QED) is 0.774. The van der Waals surface area contributed by atoms with Crippen molar-refractivity contribution in [2.24, 2.45) is 0 Å². The second-order valence-corrected chi connectivity index (χ2v) is 5.50. The zero-order valence-corrected chi connectivity index (χ0v) is 13.7. The van der Waals surface area contributed by atoms with Crippen LogP contribution in [0.5, 0.6) is 0 Å². The van der Waals surface area contributed by atoms with E-state index in [9.17, 15) is 9.59 Å². The van der Waals surface area contributed by atoms with Gasteiger partial charge in [0.25, 0.3) is 0 Å². The summed E-state index contributed by atoms with van der Waals surface area (Å²) in [5, 5.41) is 11.4. The van der Waals surface area contributed by atoms with Gasteiger partial charge in [0, 0.05) is 16.6 Å². The van der Waals surface area contributed by atoms with Crippen LogP contribution in [0.3, 0.4) is 0 Å². The van der Waals surface area contributed by atoms with Crippen LogP contribution in [0.1, 0.15) is 11.1 Å². The van der Waals surface area contributed by atoms with Crippen molar-refractivity contribution in [1.29, 1.82) is 0 Å². The normalized spacial score (nSPS) is 11.0. The van der Waals surface area contributed by atoms with Gasteiger partial charge in [-0.25, -0.2) is 4.79 Å². The number of carboxylic acid groups (broad SMARTS) is 1. The first-order valence-corrected chi connectivity index (χ1v) is 7.58. The number of anilines is 1. The summed E-state index contributed by atoms with van der Waals surface area (Å²) >= 11 is 3.36. The molecule has 0 saturated heterocycles. The number of rotatable bonds is 5. The molecule has 0 atom stereocenters. The molecular formula is C18H14BrNO3. The van der Waals surface area contributed by atoms with Gasteiger partial charge >= 0.3 is 5.97 Å². The van der Waals surface area contributed by atoms with Gasteiger partial charge in [-0.3, -0.25) is 4.79 Å². The van der Waals surface area contributed by atoms with E-state index < -0.39 is 5.97 Å². The van der Waals surface area contributed by atoms with Gasteiger partial charge in [-0.15, -0.1) is 0 Å². The average Bonchev–Trinajstić information content (AvgIpc) is 2.54. The van der Waals surface area contributed by atoms with Gasteiger partial charge in [0.05, 0.1) is 5.69 Å². The lowest BCUT2D eigenvalue weighted by Gasteiger charge is -2.06. The maximum atomic E-state index is 12.0. The van der Waals surface area contributed by atoms with Crippen molar-refractivity contribution < 1.29 is 14.7 Å². The fraction of sp³-hybridized carbons (Fsp3) is 0. The number of halogens is 1. The van der Waals surface area contributed by atoms with Gasteiger partial charge < -0.3 is 10.4 Å². The molecule has 2 rings (SSSR count). The zero-order valence-electron chi connectivity index (χ0n) is 12.1. The minimum atomic E-state index is -1.02. The molecule has 0 unspecified atom stereocenters. The average molecular weight is 372 g/mol. The highest BCUT2D eigenvalue weighted by Crippen LogP contribution is 2.24. The van der Waals surface area contributed by atoms with E-state index in [1.807, 2.05) is 30.3 Å². The Bertz CT molecular complexity index is 767. The highest BCUT2D eigenvalue weighted by atomic mass is 79.9. The molecule has 0 radical (unpaired) electrons. The summed E-state index contributed by atoms with van der Waals surface area (Å²) in [5.74, 6) is -1.29. The first-order chi connectivity index (χ1) is 11.0. The van der Waals surface area contributed by atoms with E-state index in [1.54, 1.807) is 24.3 Å². The van der Waals surface area contributed by atoms with E-state index in [0.717, 1.165) is 11.6 Å². The Hall–Kier alpha value is -2.66. The van der Waals surface area contributed by atoms with Crippen molar-refractivity contribution in [3.8, 4) is 0 Å².